The number of aliphatic carboxylic acids is 1. The fraction of sp³-hybridized carbons (Fsp3) is 0.846. The molecule has 0 bridgehead atoms. The van der Waals surface area contributed by atoms with Gasteiger partial charge in [0.1, 0.15) is 0 Å². The Bertz CT molecular complexity index is 303. The Morgan fingerprint density at radius 2 is 1.83 bits per heavy atom. The highest BCUT2D eigenvalue weighted by Gasteiger charge is 2.46. The van der Waals surface area contributed by atoms with Crippen LogP contribution < -0.4 is 10.6 Å². The number of carbonyl (C=O) groups is 2. The number of carboxylic acids is 1. The first-order valence-electron chi connectivity index (χ1n) is 6.68. The summed E-state index contributed by atoms with van der Waals surface area (Å²) in [6, 6.07) is 0.226. The molecule has 1 fully saturated rings. The SMILES string of the molecule is CC1(C)CC1NC(=O)NCCCCCCC(=O)O. The van der Waals surface area contributed by atoms with Gasteiger partial charge in [-0.05, 0) is 24.7 Å². The van der Waals surface area contributed by atoms with Crippen LogP contribution >= 0.6 is 0 Å². The molecule has 18 heavy (non-hydrogen) atoms. The number of unbranched alkanes of at least 4 members (excludes halogenated alkanes) is 3. The zero-order valence-electron chi connectivity index (χ0n) is 11.3. The van der Waals surface area contributed by atoms with Gasteiger partial charge in [0.05, 0.1) is 0 Å². The summed E-state index contributed by atoms with van der Waals surface area (Å²) < 4.78 is 0. The maximum absolute atomic E-state index is 11.5. The van der Waals surface area contributed by atoms with Crippen LogP contribution in [0.4, 0.5) is 4.79 Å². The molecule has 0 aromatic carbocycles. The predicted octanol–water partition coefficient (Wildman–Crippen LogP) is 2.12. The Morgan fingerprint density at radius 1 is 1.22 bits per heavy atom. The standard InChI is InChI=1S/C13H24N2O3/c1-13(2)9-10(13)15-12(18)14-8-6-4-3-5-7-11(16)17/h10H,3-9H2,1-2H3,(H,16,17)(H2,14,15,18). The zero-order chi connectivity index (χ0) is 13.6. The lowest BCUT2D eigenvalue weighted by atomic mass is 10.1. The topological polar surface area (TPSA) is 78.4 Å². The number of hydrogen-bond donors (Lipinski definition) is 3. The first kappa shape index (κ1) is 14.8. The zero-order valence-corrected chi connectivity index (χ0v) is 11.3. The van der Waals surface area contributed by atoms with Crippen LogP contribution in [0, 0.1) is 5.41 Å². The van der Waals surface area contributed by atoms with Crippen LogP contribution in [-0.4, -0.2) is 29.7 Å². The van der Waals surface area contributed by atoms with E-state index in [0.717, 1.165) is 32.1 Å². The molecular weight excluding hydrogens is 232 g/mol. The summed E-state index contributed by atoms with van der Waals surface area (Å²) in [4.78, 5) is 21.7. The minimum Gasteiger partial charge on any atom is -0.481 e. The molecule has 1 rings (SSSR count). The second kappa shape index (κ2) is 6.61. The van der Waals surface area contributed by atoms with Crippen molar-refractivity contribution in [3.63, 3.8) is 0 Å². The highest BCUT2D eigenvalue weighted by molar-refractivity contribution is 5.74. The van der Waals surface area contributed by atoms with Crippen molar-refractivity contribution in [1.82, 2.24) is 10.6 Å². The van der Waals surface area contributed by atoms with Gasteiger partial charge in [-0.25, -0.2) is 4.79 Å². The van der Waals surface area contributed by atoms with Crippen molar-refractivity contribution in [2.75, 3.05) is 6.54 Å². The van der Waals surface area contributed by atoms with E-state index in [2.05, 4.69) is 24.5 Å². The second-order valence-electron chi connectivity index (χ2n) is 5.70. The predicted molar refractivity (Wildman–Crippen MR) is 69.4 cm³/mol. The molecule has 1 aliphatic carbocycles. The Morgan fingerprint density at radius 3 is 2.39 bits per heavy atom. The van der Waals surface area contributed by atoms with Crippen LogP contribution in [0.25, 0.3) is 0 Å². The van der Waals surface area contributed by atoms with Crippen molar-refractivity contribution >= 4 is 12.0 Å². The molecule has 0 aliphatic heterocycles. The van der Waals surface area contributed by atoms with Gasteiger partial charge in [-0.15, -0.1) is 0 Å². The average molecular weight is 256 g/mol. The van der Waals surface area contributed by atoms with E-state index in [4.69, 9.17) is 5.11 Å². The van der Waals surface area contributed by atoms with Gasteiger partial charge in [-0.1, -0.05) is 26.7 Å². The molecular formula is C13H24N2O3. The minimum absolute atomic E-state index is 0.0869. The summed E-state index contributed by atoms with van der Waals surface area (Å²) >= 11 is 0. The first-order valence-corrected chi connectivity index (χ1v) is 6.68. The molecule has 0 radical (unpaired) electrons. The molecule has 0 spiro atoms. The van der Waals surface area contributed by atoms with Gasteiger partial charge in [0.2, 0.25) is 0 Å². The monoisotopic (exact) mass is 256 g/mol. The van der Waals surface area contributed by atoms with Gasteiger partial charge >= 0.3 is 12.0 Å². The van der Waals surface area contributed by atoms with Gasteiger partial charge in [-0.3, -0.25) is 4.79 Å². The molecule has 1 unspecified atom stereocenters. The van der Waals surface area contributed by atoms with Gasteiger partial charge in [0.15, 0.2) is 0 Å². The fourth-order valence-electron chi connectivity index (χ4n) is 1.88. The lowest BCUT2D eigenvalue weighted by Crippen LogP contribution is -2.38. The maximum Gasteiger partial charge on any atom is 0.315 e. The molecule has 1 aliphatic rings. The van der Waals surface area contributed by atoms with Crippen LogP contribution in [0.5, 0.6) is 0 Å². The summed E-state index contributed by atoms with van der Waals surface area (Å²) in [5.74, 6) is -0.737. The van der Waals surface area contributed by atoms with E-state index in [9.17, 15) is 9.59 Å². The van der Waals surface area contributed by atoms with Gasteiger partial charge in [0, 0.05) is 19.0 Å². The van der Waals surface area contributed by atoms with E-state index < -0.39 is 5.97 Å². The molecule has 2 amide bonds. The van der Waals surface area contributed by atoms with Crippen LogP contribution in [-0.2, 0) is 4.79 Å². The Hall–Kier alpha value is -1.26. The number of carboxylic acid groups (broad SMARTS) is 1. The van der Waals surface area contributed by atoms with Crippen molar-refractivity contribution in [3.05, 3.63) is 0 Å². The summed E-state index contributed by atoms with van der Waals surface area (Å²) in [5, 5.41) is 14.2. The van der Waals surface area contributed by atoms with Crippen LogP contribution in [0.2, 0.25) is 0 Å². The van der Waals surface area contributed by atoms with E-state index in [1.165, 1.54) is 0 Å². The summed E-state index contributed by atoms with van der Waals surface area (Å²) in [7, 11) is 0. The number of carbonyl (C=O) groups excluding carboxylic acids is 1. The summed E-state index contributed by atoms with van der Waals surface area (Å²) in [6.07, 6.45) is 4.78. The molecule has 3 N–H and O–H groups in total. The van der Waals surface area contributed by atoms with Gasteiger partial charge in [0.25, 0.3) is 0 Å². The summed E-state index contributed by atoms with van der Waals surface area (Å²) in [6.45, 7) is 4.94. The molecule has 0 aromatic rings. The largest absolute Gasteiger partial charge is 0.481 e. The fourth-order valence-corrected chi connectivity index (χ4v) is 1.88. The molecule has 1 atom stereocenters. The minimum atomic E-state index is -0.737. The quantitative estimate of drug-likeness (QED) is 0.582. The third-order valence-corrected chi connectivity index (χ3v) is 3.42. The van der Waals surface area contributed by atoms with Gasteiger partial charge < -0.3 is 15.7 Å². The molecule has 5 heteroatoms. The van der Waals surface area contributed by atoms with Crippen LogP contribution in [0.1, 0.15) is 52.4 Å². The van der Waals surface area contributed by atoms with E-state index >= 15 is 0 Å². The second-order valence-corrected chi connectivity index (χ2v) is 5.70. The number of hydrogen-bond acceptors (Lipinski definition) is 2. The first-order chi connectivity index (χ1) is 8.42. The molecule has 0 aromatic heterocycles. The smallest absolute Gasteiger partial charge is 0.315 e. The van der Waals surface area contributed by atoms with Gasteiger partial charge in [-0.2, -0.15) is 0 Å². The molecule has 5 nitrogen and oxygen atoms in total. The van der Waals surface area contributed by atoms with Crippen molar-refractivity contribution in [2.24, 2.45) is 5.41 Å². The number of urea groups is 1. The van der Waals surface area contributed by atoms with Crippen molar-refractivity contribution < 1.29 is 14.7 Å². The molecule has 0 heterocycles. The van der Waals surface area contributed by atoms with Crippen molar-refractivity contribution in [2.45, 2.75) is 58.4 Å². The Labute approximate surface area is 108 Å². The van der Waals surface area contributed by atoms with Crippen LogP contribution in [0.3, 0.4) is 0 Å². The molecule has 0 saturated heterocycles. The highest BCUT2D eigenvalue weighted by atomic mass is 16.4. The average Bonchev–Trinajstić information content (AvgIpc) is 2.84. The number of rotatable bonds is 8. The van der Waals surface area contributed by atoms with E-state index in [0.29, 0.717) is 12.6 Å². The van der Waals surface area contributed by atoms with Crippen molar-refractivity contribution in [3.8, 4) is 0 Å². The van der Waals surface area contributed by atoms with E-state index in [1.807, 2.05) is 0 Å². The Kier molecular flexibility index (Phi) is 5.44. The number of nitrogens with one attached hydrogen (secondary N) is 2. The third-order valence-electron chi connectivity index (χ3n) is 3.42. The number of amides is 2. The third kappa shape index (κ3) is 5.89. The molecule has 104 valence electrons. The highest BCUT2D eigenvalue weighted by Crippen LogP contribution is 2.44. The Balaban J connectivity index is 1.89. The molecule has 1 saturated carbocycles. The summed E-state index contributed by atoms with van der Waals surface area (Å²) in [5.41, 5.74) is 0.258. The lowest BCUT2D eigenvalue weighted by Gasteiger charge is -2.08. The van der Waals surface area contributed by atoms with E-state index in [1.54, 1.807) is 0 Å². The van der Waals surface area contributed by atoms with Crippen molar-refractivity contribution in [1.29, 1.82) is 0 Å². The van der Waals surface area contributed by atoms with Crippen LogP contribution in [0.15, 0.2) is 0 Å². The maximum atomic E-state index is 11.5. The lowest BCUT2D eigenvalue weighted by molar-refractivity contribution is -0.137. The van der Waals surface area contributed by atoms with E-state index in [-0.39, 0.29) is 17.9 Å². The normalized spacial score (nSPS) is 20.2.